The van der Waals surface area contributed by atoms with Crippen LogP contribution in [0.25, 0.3) is 0 Å². The Bertz CT molecular complexity index is 3610. The zero-order valence-electron chi connectivity index (χ0n) is 45.4. The fourth-order valence-electron chi connectivity index (χ4n) is 12.3. The summed E-state index contributed by atoms with van der Waals surface area (Å²) in [5.41, 5.74) is 3.54. The highest BCUT2D eigenvalue weighted by atomic mass is 16.6. The summed E-state index contributed by atoms with van der Waals surface area (Å²) in [7, 11) is 5.05. The van der Waals surface area contributed by atoms with E-state index in [4.69, 9.17) is 23.7 Å². The Morgan fingerprint density at radius 1 is 0.780 bits per heavy atom. The third kappa shape index (κ3) is 10.2. The van der Waals surface area contributed by atoms with Crippen molar-refractivity contribution in [2.75, 3.05) is 52.5 Å². The Balaban J connectivity index is 1.15. The van der Waals surface area contributed by atoms with Gasteiger partial charge in [-0.05, 0) is 113 Å². The largest absolute Gasteiger partial charge is 0.493 e. The first-order valence-electron chi connectivity index (χ1n) is 27.0. The Kier molecular flexibility index (Phi) is 15.6. The lowest BCUT2D eigenvalue weighted by Crippen LogP contribution is -2.57. The number of rotatable bonds is 15. The Hall–Kier alpha value is -9.34. The summed E-state index contributed by atoms with van der Waals surface area (Å²) in [4.78, 5) is 82.5. The summed E-state index contributed by atoms with van der Waals surface area (Å²) < 4.78 is 30.2. The molecule has 0 aliphatic carbocycles. The van der Waals surface area contributed by atoms with E-state index in [9.17, 15) is 15.2 Å². The zero-order valence-corrected chi connectivity index (χ0v) is 45.4. The summed E-state index contributed by atoms with van der Waals surface area (Å²) in [6, 6.07) is 46.5. The van der Waals surface area contributed by atoms with Gasteiger partial charge >= 0.3 is 12.1 Å². The SMILES string of the molecule is COc1cc2c(cc1OC)CN(C(=O)[C@@H]1[C@H]3C(=O)O[C@H](c4ccccc4)[C@H](c4ccccc4)N3[C@H](c3cccc(OCCO)c3)[C@@]13C(=O)N(C(=O)OCc1ccc([N+](=O)[O-])cc1)c1ccc(C#CCN(C)Cc4ccccc4)cc13)CC2. The Labute approximate surface area is 474 Å². The number of aliphatic hydroxyl groups is 1. The number of nitrogens with zero attached hydrogens (tertiary/aromatic N) is 5. The summed E-state index contributed by atoms with van der Waals surface area (Å²) in [6.45, 7) is 0.498. The molecule has 0 bridgehead atoms. The van der Waals surface area contributed by atoms with Crippen LogP contribution in [-0.2, 0) is 55.4 Å². The minimum Gasteiger partial charge on any atom is -0.493 e. The van der Waals surface area contributed by atoms with Gasteiger partial charge in [-0.2, -0.15) is 0 Å². The second kappa shape index (κ2) is 23.4. The maximum absolute atomic E-state index is 17.0. The van der Waals surface area contributed by atoms with E-state index in [1.807, 2.05) is 121 Å². The van der Waals surface area contributed by atoms with Crippen LogP contribution < -0.4 is 19.1 Å². The molecule has 1 N–H and O–H groups in total. The molecule has 4 heterocycles. The topological polar surface area (TPSA) is 191 Å². The molecule has 2 saturated heterocycles. The second-order valence-electron chi connectivity index (χ2n) is 20.7. The molecule has 17 heteroatoms. The number of esters is 1. The van der Waals surface area contributed by atoms with Crippen molar-refractivity contribution >= 4 is 35.3 Å². The molecule has 3 amide bonds. The molecule has 6 atom stereocenters. The number of non-ortho nitro benzene ring substituents is 1. The van der Waals surface area contributed by atoms with Gasteiger partial charge in [-0.15, -0.1) is 0 Å². The number of hydrogen-bond donors (Lipinski definition) is 1. The number of anilines is 1. The molecule has 7 aromatic carbocycles. The maximum atomic E-state index is 17.0. The highest BCUT2D eigenvalue weighted by molar-refractivity contribution is 6.23. The normalized spacial score (nSPS) is 20.7. The molecule has 1 spiro atoms. The predicted molar refractivity (Wildman–Crippen MR) is 303 cm³/mol. The lowest BCUT2D eigenvalue weighted by Gasteiger charge is -2.46. The molecule has 0 radical (unpaired) electrons. The van der Waals surface area contributed by atoms with Gasteiger partial charge in [0.25, 0.3) is 5.69 Å². The molecule has 82 heavy (non-hydrogen) atoms. The number of fused-ring (bicyclic) bond motifs is 4. The number of imide groups is 1. The molecular weight excluding hydrogens is 1040 g/mol. The first-order valence-corrected chi connectivity index (χ1v) is 27.0. The van der Waals surface area contributed by atoms with E-state index in [2.05, 4.69) is 16.7 Å². The fraction of sp³-hybridized carbons (Fsp3) is 0.262. The highest BCUT2D eigenvalue weighted by Gasteiger charge is 2.76. The van der Waals surface area contributed by atoms with Crippen LogP contribution in [0.3, 0.4) is 0 Å². The van der Waals surface area contributed by atoms with E-state index in [1.165, 1.54) is 31.4 Å². The van der Waals surface area contributed by atoms with E-state index in [0.29, 0.717) is 64.6 Å². The van der Waals surface area contributed by atoms with Crippen LogP contribution in [0.1, 0.15) is 68.3 Å². The van der Waals surface area contributed by atoms with E-state index < -0.39 is 64.4 Å². The van der Waals surface area contributed by atoms with Crippen LogP contribution in [-0.4, -0.2) is 102 Å². The number of amides is 3. The van der Waals surface area contributed by atoms with Crippen LogP contribution in [0.15, 0.2) is 170 Å². The van der Waals surface area contributed by atoms with Crippen LogP contribution in [0.4, 0.5) is 16.2 Å². The molecule has 2 fully saturated rings. The number of hydrogen-bond acceptors (Lipinski definition) is 14. The van der Waals surface area contributed by atoms with Crippen LogP contribution in [0.2, 0.25) is 0 Å². The van der Waals surface area contributed by atoms with Crippen molar-refractivity contribution in [3.8, 4) is 29.1 Å². The van der Waals surface area contributed by atoms with Gasteiger partial charge in [0.15, 0.2) is 11.5 Å². The predicted octanol–water partition coefficient (Wildman–Crippen LogP) is 9.05. The number of nitro groups is 1. The summed E-state index contributed by atoms with van der Waals surface area (Å²) in [5, 5.41) is 21.5. The number of carbonyl (C=O) groups is 4. The Morgan fingerprint density at radius 3 is 2.13 bits per heavy atom. The smallest absolute Gasteiger partial charge is 0.421 e. The standard InChI is InChI=1S/C65H59N5O12/c1-66(39-43-15-7-4-8-16-43)31-14-17-42-26-29-53-52(35-42)65(63(74)68(53)64(75)81-41-44-24-27-50(28-25-44)70(76)77)56(61(72)67-32-30-47-37-54(78-2)55(79-3)38-49(47)40-67)58-62(73)82-59(46-20-11-6-12-21-46)57(45-18-9-5-10-19-45)69(58)60(65)48-22-13-23-51(36-48)80-34-33-71/h4-13,15-16,18-29,35-38,56-60,71H,30-34,39-41H2,1-3H3/t56-,57-,58-,59+,60+,65-/m0/s1. The Morgan fingerprint density at radius 2 is 1.45 bits per heavy atom. The van der Waals surface area contributed by atoms with Crippen LogP contribution in [0.5, 0.6) is 17.2 Å². The van der Waals surface area contributed by atoms with Gasteiger partial charge in [-0.1, -0.05) is 115 Å². The number of nitro benzene ring substituents is 1. The van der Waals surface area contributed by atoms with E-state index >= 15 is 19.2 Å². The first-order chi connectivity index (χ1) is 39.9. The van der Waals surface area contributed by atoms with E-state index in [-0.39, 0.29) is 49.8 Å². The van der Waals surface area contributed by atoms with Crippen molar-refractivity contribution in [3.05, 3.63) is 230 Å². The van der Waals surface area contributed by atoms with Crippen LogP contribution >= 0.6 is 0 Å². The zero-order chi connectivity index (χ0) is 57.1. The third-order valence-electron chi connectivity index (χ3n) is 15.9. The summed E-state index contributed by atoms with van der Waals surface area (Å²) >= 11 is 0. The lowest BCUT2D eigenvalue weighted by atomic mass is 9.64. The molecule has 4 aliphatic rings. The molecule has 0 saturated carbocycles. The average molecular weight is 1100 g/mol. The molecular formula is C65H59N5O12. The number of benzene rings is 7. The molecule has 4 aliphatic heterocycles. The van der Waals surface area contributed by atoms with Gasteiger partial charge in [0.2, 0.25) is 11.8 Å². The first kappa shape index (κ1) is 54.6. The number of carbonyl (C=O) groups excluding carboxylic acids is 4. The van der Waals surface area contributed by atoms with Gasteiger partial charge < -0.3 is 33.7 Å². The maximum Gasteiger partial charge on any atom is 0.421 e. The summed E-state index contributed by atoms with van der Waals surface area (Å²) in [5.74, 6) is 4.20. The van der Waals surface area contributed by atoms with E-state index in [0.717, 1.165) is 21.6 Å². The number of aliphatic hydroxyl groups excluding tert-OH is 1. The summed E-state index contributed by atoms with van der Waals surface area (Å²) in [6.07, 6.45) is -1.68. The third-order valence-corrected chi connectivity index (χ3v) is 15.9. The molecule has 7 aromatic rings. The number of cyclic esters (lactones) is 1. The number of morpholine rings is 1. The molecule has 11 rings (SSSR count). The van der Waals surface area contributed by atoms with Gasteiger partial charge in [-0.25, -0.2) is 9.69 Å². The van der Waals surface area contributed by atoms with Crippen molar-refractivity contribution < 1.29 is 52.9 Å². The number of methoxy groups -OCH3 is 2. The lowest BCUT2D eigenvalue weighted by molar-refractivity contribution is -0.384. The van der Waals surface area contributed by atoms with Crippen molar-refractivity contribution in [2.24, 2.45) is 5.92 Å². The highest BCUT2D eigenvalue weighted by Crippen LogP contribution is 2.66. The van der Waals surface area contributed by atoms with Crippen molar-refractivity contribution in [1.29, 1.82) is 0 Å². The molecule has 416 valence electrons. The molecule has 17 nitrogen and oxygen atoms in total. The minimum atomic E-state index is -2.16. The van der Waals surface area contributed by atoms with Gasteiger partial charge in [-0.3, -0.25) is 34.3 Å². The quantitative estimate of drug-likeness (QED) is 0.0443. The monoisotopic (exact) mass is 1100 g/mol. The van der Waals surface area contributed by atoms with E-state index in [1.54, 1.807) is 48.4 Å². The van der Waals surface area contributed by atoms with Crippen LogP contribution in [0, 0.1) is 27.9 Å². The number of ether oxygens (including phenoxy) is 5. The average Bonchev–Trinajstić information content (AvgIpc) is 1.79. The van der Waals surface area contributed by atoms with Gasteiger partial charge in [0, 0.05) is 37.3 Å². The molecule has 0 unspecified atom stereocenters. The van der Waals surface area contributed by atoms with Crippen molar-refractivity contribution in [3.63, 3.8) is 0 Å². The van der Waals surface area contributed by atoms with Crippen molar-refractivity contribution in [1.82, 2.24) is 14.7 Å². The van der Waals surface area contributed by atoms with Crippen molar-refractivity contribution in [2.45, 2.75) is 55.8 Å². The molecule has 0 aromatic heterocycles. The van der Waals surface area contributed by atoms with Gasteiger partial charge in [0.05, 0.1) is 56.0 Å². The minimum absolute atomic E-state index is 0.0619. The fourth-order valence-corrected chi connectivity index (χ4v) is 12.3. The second-order valence-corrected chi connectivity index (χ2v) is 20.7. The van der Waals surface area contributed by atoms with Gasteiger partial charge in [0.1, 0.15) is 36.5 Å².